The SMILES string of the molecule is Cc1ccc(-c2cc(C(=O)NCc3cnccn3)cc(-n3c(=O)oc4ccccc43)c2)nc1. The molecule has 0 fully saturated rings. The number of para-hydroxylation sites is 2. The van der Waals surface area contributed by atoms with Crippen LogP contribution in [-0.2, 0) is 6.54 Å². The standard InChI is InChI=1S/C25H19N5O3/c1-16-6-7-21(28-13-16)17-10-18(24(31)29-15-19-14-26-8-9-27-19)12-20(11-17)30-22-4-2-3-5-23(22)33-25(30)32/h2-14H,15H2,1H3,(H,29,31). The van der Waals surface area contributed by atoms with Crippen LogP contribution in [0.3, 0.4) is 0 Å². The lowest BCUT2D eigenvalue weighted by molar-refractivity contribution is 0.0950. The monoisotopic (exact) mass is 437 g/mol. The Kier molecular flexibility index (Phi) is 5.24. The van der Waals surface area contributed by atoms with E-state index in [0.717, 1.165) is 5.56 Å². The number of fused-ring (bicyclic) bond motifs is 1. The summed E-state index contributed by atoms with van der Waals surface area (Å²) in [4.78, 5) is 38.4. The first kappa shape index (κ1) is 20.3. The molecule has 8 heteroatoms. The van der Waals surface area contributed by atoms with Crippen molar-refractivity contribution in [1.82, 2.24) is 24.8 Å². The van der Waals surface area contributed by atoms with Crippen LogP contribution in [0.2, 0.25) is 0 Å². The molecule has 0 radical (unpaired) electrons. The fourth-order valence-corrected chi connectivity index (χ4v) is 3.56. The van der Waals surface area contributed by atoms with Crippen molar-refractivity contribution < 1.29 is 9.21 Å². The molecule has 0 saturated carbocycles. The molecule has 5 aromatic rings. The Bertz CT molecular complexity index is 1510. The summed E-state index contributed by atoms with van der Waals surface area (Å²) in [6, 6.07) is 16.2. The van der Waals surface area contributed by atoms with Crippen molar-refractivity contribution in [3.63, 3.8) is 0 Å². The number of aromatic nitrogens is 4. The minimum atomic E-state index is -0.531. The first-order valence-electron chi connectivity index (χ1n) is 10.3. The number of hydrogen-bond acceptors (Lipinski definition) is 6. The van der Waals surface area contributed by atoms with E-state index < -0.39 is 5.76 Å². The normalized spacial score (nSPS) is 10.9. The van der Waals surface area contributed by atoms with Crippen molar-refractivity contribution in [1.29, 1.82) is 0 Å². The predicted molar refractivity (Wildman–Crippen MR) is 123 cm³/mol. The van der Waals surface area contributed by atoms with Crippen LogP contribution >= 0.6 is 0 Å². The van der Waals surface area contributed by atoms with Gasteiger partial charge in [-0.3, -0.25) is 19.7 Å². The largest absolute Gasteiger partial charge is 0.424 e. The summed E-state index contributed by atoms with van der Waals surface area (Å²) in [5.74, 6) is -0.840. The second-order valence-corrected chi connectivity index (χ2v) is 7.54. The molecule has 1 amide bonds. The van der Waals surface area contributed by atoms with E-state index in [-0.39, 0.29) is 12.5 Å². The summed E-state index contributed by atoms with van der Waals surface area (Å²) in [6.07, 6.45) is 6.49. The van der Waals surface area contributed by atoms with E-state index in [4.69, 9.17) is 4.42 Å². The van der Waals surface area contributed by atoms with Crippen molar-refractivity contribution in [2.45, 2.75) is 13.5 Å². The molecule has 0 bridgehead atoms. The third-order valence-corrected chi connectivity index (χ3v) is 5.18. The van der Waals surface area contributed by atoms with E-state index in [0.29, 0.717) is 39.3 Å². The van der Waals surface area contributed by atoms with Crippen LogP contribution in [0.15, 0.2) is 88.6 Å². The zero-order chi connectivity index (χ0) is 22.8. The Morgan fingerprint density at radius 2 is 1.91 bits per heavy atom. The number of carbonyl (C=O) groups is 1. The second kappa shape index (κ2) is 8.51. The van der Waals surface area contributed by atoms with E-state index in [1.54, 1.807) is 55.1 Å². The van der Waals surface area contributed by atoms with Gasteiger partial charge < -0.3 is 9.73 Å². The van der Waals surface area contributed by atoms with Gasteiger partial charge in [0.05, 0.1) is 35.3 Å². The lowest BCUT2D eigenvalue weighted by atomic mass is 10.0. The van der Waals surface area contributed by atoms with Gasteiger partial charge in [0.1, 0.15) is 0 Å². The molecular formula is C25H19N5O3. The molecule has 3 aromatic heterocycles. The van der Waals surface area contributed by atoms with Gasteiger partial charge in [-0.25, -0.2) is 9.36 Å². The minimum absolute atomic E-state index is 0.226. The quantitative estimate of drug-likeness (QED) is 0.450. The van der Waals surface area contributed by atoms with Gasteiger partial charge >= 0.3 is 5.76 Å². The highest BCUT2D eigenvalue weighted by Crippen LogP contribution is 2.25. The number of benzene rings is 2. The maximum atomic E-state index is 13.0. The molecule has 162 valence electrons. The van der Waals surface area contributed by atoms with E-state index in [1.165, 1.54) is 4.57 Å². The molecule has 2 aromatic carbocycles. The highest BCUT2D eigenvalue weighted by molar-refractivity contribution is 5.96. The van der Waals surface area contributed by atoms with Crippen LogP contribution in [0.5, 0.6) is 0 Å². The van der Waals surface area contributed by atoms with Gasteiger partial charge in [-0.1, -0.05) is 18.2 Å². The summed E-state index contributed by atoms with van der Waals surface area (Å²) in [6.45, 7) is 2.18. The number of aryl methyl sites for hydroxylation is 1. The molecule has 8 nitrogen and oxygen atoms in total. The second-order valence-electron chi connectivity index (χ2n) is 7.54. The minimum Gasteiger partial charge on any atom is -0.407 e. The predicted octanol–water partition coefficient (Wildman–Crippen LogP) is 3.67. The molecule has 0 saturated heterocycles. The molecule has 1 N–H and O–H groups in total. The Morgan fingerprint density at radius 1 is 1.03 bits per heavy atom. The number of hydrogen-bond donors (Lipinski definition) is 1. The molecule has 0 unspecified atom stereocenters. The van der Waals surface area contributed by atoms with Crippen molar-refractivity contribution in [3.05, 3.63) is 107 Å². The van der Waals surface area contributed by atoms with Gasteiger partial charge in [0.25, 0.3) is 5.91 Å². The molecule has 0 aliphatic carbocycles. The smallest absolute Gasteiger partial charge is 0.407 e. The molecule has 5 rings (SSSR count). The number of rotatable bonds is 5. The zero-order valence-electron chi connectivity index (χ0n) is 17.7. The van der Waals surface area contributed by atoms with Crippen molar-refractivity contribution in [2.24, 2.45) is 0 Å². The number of nitrogens with one attached hydrogen (secondary N) is 1. The highest BCUT2D eigenvalue weighted by Gasteiger charge is 2.16. The Hall–Kier alpha value is -4.59. The summed E-state index contributed by atoms with van der Waals surface area (Å²) in [7, 11) is 0. The van der Waals surface area contributed by atoms with Gasteiger partial charge in [-0.05, 0) is 48.9 Å². The average molecular weight is 437 g/mol. The molecule has 0 spiro atoms. The van der Waals surface area contributed by atoms with Crippen LogP contribution in [0.4, 0.5) is 0 Å². The van der Waals surface area contributed by atoms with E-state index in [9.17, 15) is 9.59 Å². The number of pyridine rings is 1. The molecule has 3 heterocycles. The van der Waals surface area contributed by atoms with E-state index >= 15 is 0 Å². The number of nitrogens with zero attached hydrogens (tertiary/aromatic N) is 4. The average Bonchev–Trinajstić information content (AvgIpc) is 3.19. The van der Waals surface area contributed by atoms with E-state index in [2.05, 4.69) is 20.3 Å². The maximum Gasteiger partial charge on any atom is 0.424 e. The molecular weight excluding hydrogens is 418 g/mol. The lowest BCUT2D eigenvalue weighted by Crippen LogP contribution is -2.24. The fraction of sp³-hybridized carbons (Fsp3) is 0.0800. The van der Waals surface area contributed by atoms with Crippen LogP contribution in [-0.4, -0.2) is 25.4 Å². The number of oxazole rings is 1. The lowest BCUT2D eigenvalue weighted by Gasteiger charge is -2.11. The number of amides is 1. The first-order chi connectivity index (χ1) is 16.1. The zero-order valence-corrected chi connectivity index (χ0v) is 17.7. The topological polar surface area (TPSA) is 103 Å². The third kappa shape index (κ3) is 4.14. The highest BCUT2D eigenvalue weighted by atomic mass is 16.4. The van der Waals surface area contributed by atoms with Crippen molar-refractivity contribution in [2.75, 3.05) is 0 Å². The molecule has 33 heavy (non-hydrogen) atoms. The van der Waals surface area contributed by atoms with Crippen LogP contribution in [0.1, 0.15) is 21.6 Å². The first-order valence-corrected chi connectivity index (χ1v) is 10.3. The Balaban J connectivity index is 1.60. The molecule has 0 atom stereocenters. The van der Waals surface area contributed by atoms with Gasteiger partial charge in [-0.2, -0.15) is 0 Å². The van der Waals surface area contributed by atoms with Crippen molar-refractivity contribution >= 4 is 17.0 Å². The molecule has 0 aliphatic rings. The van der Waals surface area contributed by atoms with Crippen molar-refractivity contribution in [3.8, 4) is 16.9 Å². The number of carbonyl (C=O) groups excluding carboxylic acids is 1. The van der Waals surface area contributed by atoms with Crippen LogP contribution in [0, 0.1) is 6.92 Å². The van der Waals surface area contributed by atoms with Gasteiger partial charge in [0, 0.05) is 29.7 Å². The Morgan fingerprint density at radius 3 is 2.70 bits per heavy atom. The summed E-state index contributed by atoms with van der Waals surface area (Å²) < 4.78 is 6.85. The van der Waals surface area contributed by atoms with Gasteiger partial charge in [-0.15, -0.1) is 0 Å². The van der Waals surface area contributed by atoms with Crippen LogP contribution in [0.25, 0.3) is 28.0 Å². The summed E-state index contributed by atoms with van der Waals surface area (Å²) in [5.41, 5.74) is 5.02. The fourth-order valence-electron chi connectivity index (χ4n) is 3.56. The molecule has 0 aliphatic heterocycles. The van der Waals surface area contributed by atoms with E-state index in [1.807, 2.05) is 31.2 Å². The third-order valence-electron chi connectivity index (χ3n) is 5.18. The van der Waals surface area contributed by atoms with Crippen LogP contribution < -0.4 is 11.1 Å². The summed E-state index contributed by atoms with van der Waals surface area (Å²) >= 11 is 0. The summed E-state index contributed by atoms with van der Waals surface area (Å²) in [5, 5.41) is 2.85. The van der Waals surface area contributed by atoms with Gasteiger partial charge in [0.2, 0.25) is 0 Å². The maximum absolute atomic E-state index is 13.0. The van der Waals surface area contributed by atoms with Gasteiger partial charge in [0.15, 0.2) is 5.58 Å². The Labute approximate surface area is 188 Å².